The Hall–Kier alpha value is -3.19. The standard InChI is InChI=1S/C25H26N4O2S/c1-30-21-11-12-22-23(13-21)32-25(29-22)28-20-9-7-18(8-10-20)19-14-26-24(27-15-19)31-16-17-5-3-2-4-6-17/h7-15,17H,2-6,16H2,1H3,(H,28,29). The van der Waals surface area contributed by atoms with Gasteiger partial charge in [0.2, 0.25) is 0 Å². The smallest absolute Gasteiger partial charge is 0.316 e. The maximum atomic E-state index is 5.82. The molecule has 1 aliphatic rings. The Kier molecular flexibility index (Phi) is 6.16. The van der Waals surface area contributed by atoms with E-state index in [2.05, 4.69) is 32.4 Å². The number of aromatic nitrogens is 3. The van der Waals surface area contributed by atoms with Gasteiger partial charge in [-0.3, -0.25) is 0 Å². The van der Waals surface area contributed by atoms with Crippen molar-refractivity contribution in [3.8, 4) is 22.9 Å². The van der Waals surface area contributed by atoms with E-state index >= 15 is 0 Å². The quantitative estimate of drug-likeness (QED) is 0.351. The normalized spacial score (nSPS) is 14.4. The maximum Gasteiger partial charge on any atom is 0.316 e. The number of ether oxygens (including phenoxy) is 2. The number of benzene rings is 2. The van der Waals surface area contributed by atoms with Gasteiger partial charge in [-0.1, -0.05) is 42.7 Å². The number of fused-ring (bicyclic) bond motifs is 1. The van der Waals surface area contributed by atoms with Crippen molar-refractivity contribution < 1.29 is 9.47 Å². The molecule has 6 nitrogen and oxygen atoms in total. The number of nitrogens with zero attached hydrogens (tertiary/aromatic N) is 3. The van der Waals surface area contributed by atoms with E-state index in [1.54, 1.807) is 18.4 Å². The highest BCUT2D eigenvalue weighted by Gasteiger charge is 2.14. The lowest BCUT2D eigenvalue weighted by Crippen LogP contribution is -2.16. The van der Waals surface area contributed by atoms with Crippen LogP contribution >= 0.6 is 11.3 Å². The zero-order chi connectivity index (χ0) is 21.8. The molecule has 1 saturated carbocycles. The predicted molar refractivity (Wildman–Crippen MR) is 129 cm³/mol. The lowest BCUT2D eigenvalue weighted by molar-refractivity contribution is 0.196. The van der Waals surface area contributed by atoms with Gasteiger partial charge in [0, 0.05) is 23.6 Å². The minimum Gasteiger partial charge on any atom is -0.497 e. The fourth-order valence-corrected chi connectivity index (χ4v) is 4.96. The molecule has 4 aromatic rings. The number of anilines is 2. The van der Waals surface area contributed by atoms with Crippen molar-refractivity contribution in [1.29, 1.82) is 0 Å². The molecule has 0 amide bonds. The largest absolute Gasteiger partial charge is 0.497 e. The number of methoxy groups -OCH3 is 1. The monoisotopic (exact) mass is 446 g/mol. The van der Waals surface area contributed by atoms with E-state index < -0.39 is 0 Å². The molecule has 0 atom stereocenters. The fourth-order valence-electron chi connectivity index (χ4n) is 4.04. The van der Waals surface area contributed by atoms with Crippen LogP contribution in [0.4, 0.5) is 10.8 Å². The summed E-state index contributed by atoms with van der Waals surface area (Å²) in [6.07, 6.45) is 10.1. The van der Waals surface area contributed by atoms with Crippen molar-refractivity contribution >= 4 is 32.4 Å². The van der Waals surface area contributed by atoms with Crippen LogP contribution in [0.5, 0.6) is 11.8 Å². The third kappa shape index (κ3) is 4.83. The Morgan fingerprint density at radius 3 is 2.50 bits per heavy atom. The topological polar surface area (TPSA) is 69.2 Å². The van der Waals surface area contributed by atoms with Gasteiger partial charge in [0.15, 0.2) is 5.13 Å². The molecule has 164 valence electrons. The first-order valence-electron chi connectivity index (χ1n) is 11.0. The van der Waals surface area contributed by atoms with Gasteiger partial charge in [-0.15, -0.1) is 0 Å². The first kappa shape index (κ1) is 20.7. The van der Waals surface area contributed by atoms with Crippen LogP contribution in [0.15, 0.2) is 54.9 Å². The van der Waals surface area contributed by atoms with E-state index in [0.717, 1.165) is 44.5 Å². The Labute approximate surface area is 191 Å². The molecular weight excluding hydrogens is 420 g/mol. The molecule has 2 heterocycles. The summed E-state index contributed by atoms with van der Waals surface area (Å²) in [5.74, 6) is 1.48. The van der Waals surface area contributed by atoms with Crippen molar-refractivity contribution in [3.05, 3.63) is 54.9 Å². The van der Waals surface area contributed by atoms with Crippen LogP contribution in [0, 0.1) is 5.92 Å². The number of thiazole rings is 1. The molecule has 2 aromatic heterocycles. The highest BCUT2D eigenvalue weighted by atomic mass is 32.1. The summed E-state index contributed by atoms with van der Waals surface area (Å²) in [6, 6.07) is 14.6. The highest BCUT2D eigenvalue weighted by molar-refractivity contribution is 7.22. The summed E-state index contributed by atoms with van der Waals surface area (Å²) in [4.78, 5) is 13.4. The zero-order valence-electron chi connectivity index (χ0n) is 18.1. The molecule has 1 aliphatic carbocycles. The van der Waals surface area contributed by atoms with Crippen molar-refractivity contribution in [3.63, 3.8) is 0 Å². The minimum absolute atomic E-state index is 0.463. The summed E-state index contributed by atoms with van der Waals surface area (Å²) >= 11 is 1.60. The van der Waals surface area contributed by atoms with Crippen molar-refractivity contribution in [1.82, 2.24) is 15.0 Å². The Balaban J connectivity index is 1.21. The summed E-state index contributed by atoms with van der Waals surface area (Å²) in [5, 5.41) is 4.23. The Bertz CT molecular complexity index is 1170. The van der Waals surface area contributed by atoms with E-state index in [4.69, 9.17) is 9.47 Å². The average molecular weight is 447 g/mol. The first-order valence-corrected chi connectivity index (χ1v) is 11.9. The van der Waals surface area contributed by atoms with Gasteiger partial charge in [0.25, 0.3) is 0 Å². The second-order valence-electron chi connectivity index (χ2n) is 8.12. The maximum absolute atomic E-state index is 5.82. The van der Waals surface area contributed by atoms with E-state index in [1.807, 2.05) is 42.7 Å². The van der Waals surface area contributed by atoms with Gasteiger partial charge in [0.05, 0.1) is 23.9 Å². The van der Waals surface area contributed by atoms with Crippen LogP contribution in [-0.4, -0.2) is 28.7 Å². The number of nitrogens with one attached hydrogen (secondary N) is 1. The van der Waals surface area contributed by atoms with Crippen LogP contribution in [0.2, 0.25) is 0 Å². The van der Waals surface area contributed by atoms with Gasteiger partial charge >= 0.3 is 6.01 Å². The Morgan fingerprint density at radius 2 is 1.75 bits per heavy atom. The van der Waals surface area contributed by atoms with E-state index in [1.165, 1.54) is 32.1 Å². The molecule has 32 heavy (non-hydrogen) atoms. The first-order chi connectivity index (χ1) is 15.8. The Morgan fingerprint density at radius 1 is 0.969 bits per heavy atom. The second-order valence-corrected chi connectivity index (χ2v) is 9.16. The van der Waals surface area contributed by atoms with Gasteiger partial charge in [-0.05, 0) is 54.7 Å². The molecule has 1 N–H and O–H groups in total. The third-order valence-corrected chi connectivity index (χ3v) is 6.80. The molecule has 0 saturated heterocycles. The summed E-state index contributed by atoms with van der Waals surface area (Å²) in [5.41, 5.74) is 3.96. The molecule has 2 aromatic carbocycles. The number of hydrogen-bond donors (Lipinski definition) is 1. The predicted octanol–water partition coefficient (Wildman–Crippen LogP) is 6.46. The van der Waals surface area contributed by atoms with Gasteiger partial charge in [-0.2, -0.15) is 0 Å². The number of rotatable bonds is 7. The summed E-state index contributed by atoms with van der Waals surface area (Å²) in [6.45, 7) is 0.720. The summed E-state index contributed by atoms with van der Waals surface area (Å²) < 4.78 is 12.2. The molecule has 7 heteroatoms. The van der Waals surface area contributed by atoms with E-state index in [0.29, 0.717) is 11.9 Å². The minimum atomic E-state index is 0.463. The lowest BCUT2D eigenvalue weighted by atomic mass is 9.90. The fraction of sp³-hybridized carbons (Fsp3) is 0.320. The van der Waals surface area contributed by atoms with Crippen LogP contribution in [-0.2, 0) is 0 Å². The van der Waals surface area contributed by atoms with Crippen molar-refractivity contribution in [2.75, 3.05) is 19.0 Å². The second kappa shape index (κ2) is 9.53. The van der Waals surface area contributed by atoms with E-state index in [9.17, 15) is 0 Å². The summed E-state index contributed by atoms with van der Waals surface area (Å²) in [7, 11) is 1.67. The van der Waals surface area contributed by atoms with Crippen molar-refractivity contribution in [2.45, 2.75) is 32.1 Å². The zero-order valence-corrected chi connectivity index (χ0v) is 18.9. The van der Waals surface area contributed by atoms with Crippen molar-refractivity contribution in [2.24, 2.45) is 5.92 Å². The van der Waals surface area contributed by atoms with Crippen LogP contribution in [0.25, 0.3) is 21.3 Å². The highest BCUT2D eigenvalue weighted by Crippen LogP contribution is 2.31. The molecule has 0 spiro atoms. The van der Waals surface area contributed by atoms with Gasteiger partial charge < -0.3 is 14.8 Å². The third-order valence-electron chi connectivity index (χ3n) is 5.87. The molecule has 0 radical (unpaired) electrons. The molecule has 0 aliphatic heterocycles. The lowest BCUT2D eigenvalue weighted by Gasteiger charge is -2.20. The van der Waals surface area contributed by atoms with Crippen LogP contribution < -0.4 is 14.8 Å². The van der Waals surface area contributed by atoms with Crippen LogP contribution in [0.3, 0.4) is 0 Å². The van der Waals surface area contributed by atoms with E-state index in [-0.39, 0.29) is 0 Å². The van der Waals surface area contributed by atoms with Gasteiger partial charge in [0.1, 0.15) is 5.75 Å². The molecule has 0 bridgehead atoms. The number of hydrogen-bond acceptors (Lipinski definition) is 7. The SMILES string of the molecule is COc1ccc2nc(Nc3ccc(-c4cnc(OCC5CCCCC5)nc4)cc3)sc2c1. The average Bonchev–Trinajstić information content (AvgIpc) is 3.25. The molecule has 1 fully saturated rings. The van der Waals surface area contributed by atoms with Gasteiger partial charge in [-0.25, -0.2) is 15.0 Å². The molecular formula is C25H26N4O2S. The molecule has 0 unspecified atom stereocenters. The molecule has 5 rings (SSSR count). The van der Waals surface area contributed by atoms with Crippen LogP contribution in [0.1, 0.15) is 32.1 Å².